The van der Waals surface area contributed by atoms with Crippen molar-refractivity contribution in [2.45, 2.75) is 42.0 Å². The number of piperidine rings is 1. The molecule has 12 heteroatoms. The number of nitrogens with one attached hydrogen (secondary N) is 1. The van der Waals surface area contributed by atoms with Gasteiger partial charge in [0.05, 0.1) is 6.54 Å². The number of primary amides is 1. The maximum atomic E-state index is 12.9. The van der Waals surface area contributed by atoms with E-state index in [-0.39, 0.29) is 16.7 Å². The van der Waals surface area contributed by atoms with Gasteiger partial charge in [-0.25, -0.2) is 8.42 Å². The number of nitrogens with zero attached hydrogens (tertiary/aromatic N) is 2. The van der Waals surface area contributed by atoms with E-state index in [4.69, 9.17) is 17.3 Å². The summed E-state index contributed by atoms with van der Waals surface area (Å²) in [6, 6.07) is 5.04. The largest absolute Gasteiger partial charge is 0.368 e. The summed E-state index contributed by atoms with van der Waals surface area (Å²) < 4.78 is 29.2. The molecular weight excluding hydrogens is 476 g/mol. The lowest BCUT2D eigenvalue weighted by atomic mass is 10.1. The van der Waals surface area contributed by atoms with Crippen LogP contribution in [-0.2, 0) is 24.4 Å². The van der Waals surface area contributed by atoms with Crippen LogP contribution in [0.4, 0.5) is 0 Å². The quantitative estimate of drug-likeness (QED) is 0.620. The summed E-state index contributed by atoms with van der Waals surface area (Å²) in [4.78, 5) is 40.0. The second kappa shape index (κ2) is 8.97. The summed E-state index contributed by atoms with van der Waals surface area (Å²) in [6.07, 6.45) is 2.08. The van der Waals surface area contributed by atoms with E-state index in [0.29, 0.717) is 49.2 Å². The van der Waals surface area contributed by atoms with Crippen molar-refractivity contribution in [3.05, 3.63) is 29.3 Å². The lowest BCUT2D eigenvalue weighted by Crippen LogP contribution is -2.55. The van der Waals surface area contributed by atoms with Crippen molar-refractivity contribution in [1.29, 1.82) is 0 Å². The summed E-state index contributed by atoms with van der Waals surface area (Å²) in [5, 5.41) is 1.21. The third-order valence-electron chi connectivity index (χ3n) is 5.78. The highest BCUT2D eigenvalue weighted by Crippen LogP contribution is 2.31. The van der Waals surface area contributed by atoms with Gasteiger partial charge in [0.2, 0.25) is 17.7 Å². The number of halogens is 1. The molecule has 0 aliphatic carbocycles. The molecule has 3 amide bonds. The van der Waals surface area contributed by atoms with E-state index in [1.54, 1.807) is 18.2 Å². The van der Waals surface area contributed by atoms with Gasteiger partial charge in [0.1, 0.15) is 16.3 Å². The summed E-state index contributed by atoms with van der Waals surface area (Å²) >= 11 is 7.08. The second-order valence-corrected chi connectivity index (χ2v) is 11.4. The number of thiophene rings is 1. The van der Waals surface area contributed by atoms with Crippen molar-refractivity contribution >= 4 is 60.8 Å². The standard InChI is InChI=1S/C20H23ClN4O5S2/c21-13-5-6-16-12(9-13)10-18(31-16)32(29,30)23-14-3-1-7-24(20(14)28)11-17(26)25-8-2-4-15(25)19(22)27/h5-6,9-10,14-15,23H,1-4,7-8,11H2,(H2,22,27). The molecule has 0 spiro atoms. The minimum Gasteiger partial charge on any atom is -0.368 e. The smallest absolute Gasteiger partial charge is 0.250 e. The van der Waals surface area contributed by atoms with E-state index in [9.17, 15) is 22.8 Å². The average Bonchev–Trinajstić information content (AvgIpc) is 3.38. The number of hydrogen-bond donors (Lipinski definition) is 2. The van der Waals surface area contributed by atoms with Crippen molar-refractivity contribution in [2.24, 2.45) is 5.73 Å². The molecule has 2 unspecified atom stereocenters. The summed E-state index contributed by atoms with van der Waals surface area (Å²) in [5.41, 5.74) is 5.37. The molecule has 2 atom stereocenters. The van der Waals surface area contributed by atoms with Crippen LogP contribution in [0, 0.1) is 0 Å². The molecule has 9 nitrogen and oxygen atoms in total. The number of carbonyl (C=O) groups excluding carboxylic acids is 3. The molecule has 2 fully saturated rings. The number of carbonyl (C=O) groups is 3. The fourth-order valence-electron chi connectivity index (χ4n) is 4.19. The highest BCUT2D eigenvalue weighted by molar-refractivity contribution is 7.91. The predicted octanol–water partition coefficient (Wildman–Crippen LogP) is 1.30. The van der Waals surface area contributed by atoms with Crippen molar-refractivity contribution in [2.75, 3.05) is 19.6 Å². The molecule has 3 N–H and O–H groups in total. The Bertz CT molecular complexity index is 1180. The molecule has 2 aliphatic rings. The van der Waals surface area contributed by atoms with Crippen LogP contribution in [0.15, 0.2) is 28.5 Å². The molecule has 32 heavy (non-hydrogen) atoms. The number of sulfonamides is 1. The van der Waals surface area contributed by atoms with E-state index in [1.807, 2.05) is 0 Å². The van der Waals surface area contributed by atoms with Gasteiger partial charge in [0.25, 0.3) is 10.0 Å². The van der Waals surface area contributed by atoms with Crippen LogP contribution in [-0.4, -0.2) is 67.7 Å². The highest BCUT2D eigenvalue weighted by atomic mass is 35.5. The Labute approximate surface area is 194 Å². The molecule has 1 aromatic heterocycles. The van der Waals surface area contributed by atoms with E-state index in [2.05, 4.69) is 4.72 Å². The first kappa shape index (κ1) is 23.0. The van der Waals surface area contributed by atoms with E-state index in [0.717, 1.165) is 16.0 Å². The van der Waals surface area contributed by atoms with Gasteiger partial charge in [0, 0.05) is 22.8 Å². The number of nitrogens with two attached hydrogens (primary N) is 1. The van der Waals surface area contributed by atoms with Crippen LogP contribution >= 0.6 is 22.9 Å². The van der Waals surface area contributed by atoms with Gasteiger partial charge in [0.15, 0.2) is 0 Å². The van der Waals surface area contributed by atoms with Crippen molar-refractivity contribution in [1.82, 2.24) is 14.5 Å². The first-order valence-electron chi connectivity index (χ1n) is 10.2. The first-order chi connectivity index (χ1) is 15.2. The zero-order valence-electron chi connectivity index (χ0n) is 17.1. The number of amides is 3. The topological polar surface area (TPSA) is 130 Å². The summed E-state index contributed by atoms with van der Waals surface area (Å²) in [6.45, 7) is 0.558. The van der Waals surface area contributed by atoms with Crippen molar-refractivity contribution < 1.29 is 22.8 Å². The Morgan fingerprint density at radius 1 is 1.19 bits per heavy atom. The highest BCUT2D eigenvalue weighted by Gasteiger charge is 2.37. The maximum Gasteiger partial charge on any atom is 0.250 e. The molecule has 0 bridgehead atoms. The lowest BCUT2D eigenvalue weighted by molar-refractivity contribution is -0.144. The van der Waals surface area contributed by atoms with Crippen molar-refractivity contribution in [3.63, 3.8) is 0 Å². The fraction of sp³-hybridized carbons (Fsp3) is 0.450. The van der Waals surface area contributed by atoms with Crippen LogP contribution in [0.3, 0.4) is 0 Å². The molecule has 2 aliphatic heterocycles. The minimum atomic E-state index is -3.93. The van der Waals surface area contributed by atoms with Crippen LogP contribution in [0.5, 0.6) is 0 Å². The molecule has 172 valence electrons. The molecular formula is C20H23ClN4O5S2. The fourth-order valence-corrected chi connectivity index (χ4v) is 6.99. The number of benzene rings is 1. The summed E-state index contributed by atoms with van der Waals surface area (Å²) in [7, 11) is -3.93. The summed E-state index contributed by atoms with van der Waals surface area (Å²) in [5.74, 6) is -1.37. The third kappa shape index (κ3) is 4.61. The van der Waals surface area contributed by atoms with Crippen LogP contribution in [0.2, 0.25) is 5.02 Å². The molecule has 2 aromatic rings. The maximum absolute atomic E-state index is 12.9. The Morgan fingerprint density at radius 2 is 1.94 bits per heavy atom. The number of hydrogen-bond acceptors (Lipinski definition) is 6. The number of fused-ring (bicyclic) bond motifs is 1. The molecule has 0 saturated carbocycles. The van der Waals surface area contributed by atoms with E-state index in [1.165, 1.54) is 15.9 Å². The average molecular weight is 499 g/mol. The van der Waals surface area contributed by atoms with Crippen LogP contribution < -0.4 is 10.5 Å². The zero-order chi connectivity index (χ0) is 23.0. The van der Waals surface area contributed by atoms with Gasteiger partial charge >= 0.3 is 0 Å². The predicted molar refractivity (Wildman–Crippen MR) is 121 cm³/mol. The zero-order valence-corrected chi connectivity index (χ0v) is 19.5. The van der Waals surface area contributed by atoms with E-state index >= 15 is 0 Å². The Balaban J connectivity index is 1.45. The van der Waals surface area contributed by atoms with E-state index < -0.39 is 33.9 Å². The molecule has 2 saturated heterocycles. The minimum absolute atomic E-state index is 0.0946. The van der Waals surface area contributed by atoms with Crippen LogP contribution in [0.1, 0.15) is 25.7 Å². The monoisotopic (exact) mass is 498 g/mol. The van der Waals surface area contributed by atoms with Crippen LogP contribution in [0.25, 0.3) is 10.1 Å². The Kier molecular flexibility index (Phi) is 6.44. The number of rotatable bonds is 6. The molecule has 0 radical (unpaired) electrons. The van der Waals surface area contributed by atoms with Gasteiger partial charge in [-0.05, 0) is 55.3 Å². The molecule has 1 aromatic carbocycles. The normalized spacial score (nSPS) is 22.0. The van der Waals surface area contributed by atoms with Gasteiger partial charge < -0.3 is 15.5 Å². The lowest BCUT2D eigenvalue weighted by Gasteiger charge is -2.33. The van der Waals surface area contributed by atoms with Gasteiger partial charge in [-0.2, -0.15) is 4.72 Å². The Morgan fingerprint density at radius 3 is 2.69 bits per heavy atom. The SMILES string of the molecule is NC(=O)C1CCCN1C(=O)CN1CCCC(NS(=O)(=O)c2cc3cc(Cl)ccc3s2)C1=O. The molecule has 4 rings (SSSR count). The first-order valence-corrected chi connectivity index (χ1v) is 12.9. The number of likely N-dealkylation sites (tertiary alicyclic amines) is 2. The Hall–Kier alpha value is -2.21. The van der Waals surface area contributed by atoms with Gasteiger partial charge in [-0.3, -0.25) is 14.4 Å². The third-order valence-corrected chi connectivity index (χ3v) is 9.07. The van der Waals surface area contributed by atoms with Crippen molar-refractivity contribution in [3.8, 4) is 0 Å². The van der Waals surface area contributed by atoms with Gasteiger partial charge in [-0.1, -0.05) is 11.6 Å². The second-order valence-electron chi connectivity index (χ2n) is 7.97. The molecule has 3 heterocycles. The van der Waals surface area contributed by atoms with Gasteiger partial charge in [-0.15, -0.1) is 11.3 Å².